The summed E-state index contributed by atoms with van der Waals surface area (Å²) in [5, 5.41) is 0. The Kier molecular flexibility index (Phi) is 8.97. The van der Waals surface area contributed by atoms with Crippen LogP contribution in [0, 0.1) is 5.92 Å². The Morgan fingerprint density at radius 3 is 2.30 bits per heavy atom. The molecule has 0 bridgehead atoms. The van der Waals surface area contributed by atoms with Gasteiger partial charge in [0, 0.05) is 31.8 Å². The third kappa shape index (κ3) is 7.03. The van der Waals surface area contributed by atoms with Crippen molar-refractivity contribution in [3.63, 3.8) is 0 Å². The van der Waals surface area contributed by atoms with Crippen LogP contribution in [0.15, 0.2) is 11.6 Å². The molecule has 0 saturated heterocycles. The summed E-state index contributed by atoms with van der Waals surface area (Å²) in [5.41, 5.74) is 0.189. The fourth-order valence-corrected chi connectivity index (χ4v) is 2.61. The quantitative estimate of drug-likeness (QED) is 0.463. The summed E-state index contributed by atoms with van der Waals surface area (Å²) in [6.45, 7) is 6.69. The lowest BCUT2D eigenvalue weighted by molar-refractivity contribution is -0.183. The number of methoxy groups -OCH3 is 1. The minimum Gasteiger partial charge on any atom is -0.466 e. The fraction of sp³-hybridized carbons (Fsp3) is 0.684. The van der Waals surface area contributed by atoms with Crippen LogP contribution in [0.1, 0.15) is 53.4 Å². The zero-order valence-corrected chi connectivity index (χ0v) is 16.5. The van der Waals surface area contributed by atoms with Gasteiger partial charge in [-0.2, -0.15) is 0 Å². The third-order valence-corrected chi connectivity index (χ3v) is 4.28. The Morgan fingerprint density at radius 1 is 1.11 bits per heavy atom. The Morgan fingerprint density at radius 2 is 1.78 bits per heavy atom. The van der Waals surface area contributed by atoms with Gasteiger partial charge in [-0.1, -0.05) is 27.2 Å². The summed E-state index contributed by atoms with van der Waals surface area (Å²) >= 11 is 0. The number of hydrogen-bond acceptors (Lipinski definition) is 8. The van der Waals surface area contributed by atoms with Gasteiger partial charge < -0.3 is 18.9 Å². The van der Waals surface area contributed by atoms with Crippen LogP contribution in [0.4, 0.5) is 0 Å². The van der Waals surface area contributed by atoms with E-state index in [1.807, 2.05) is 13.8 Å². The van der Waals surface area contributed by atoms with Crippen LogP contribution in [0.2, 0.25) is 0 Å². The number of carbonyl (C=O) groups excluding carboxylic acids is 4. The van der Waals surface area contributed by atoms with Crippen molar-refractivity contribution in [2.24, 2.45) is 5.92 Å². The van der Waals surface area contributed by atoms with E-state index < -0.39 is 42.2 Å². The zero-order chi connectivity index (χ0) is 20.6. The molecule has 0 aromatic rings. The average molecular weight is 384 g/mol. The van der Waals surface area contributed by atoms with Crippen molar-refractivity contribution < 1.29 is 38.1 Å². The van der Waals surface area contributed by atoms with E-state index in [9.17, 15) is 19.2 Å². The van der Waals surface area contributed by atoms with Crippen LogP contribution >= 0.6 is 0 Å². The molecule has 152 valence electrons. The van der Waals surface area contributed by atoms with Gasteiger partial charge in [0.25, 0.3) is 0 Å². The fourth-order valence-electron chi connectivity index (χ4n) is 2.61. The lowest BCUT2D eigenvalue weighted by Crippen LogP contribution is -2.48. The number of esters is 4. The lowest BCUT2D eigenvalue weighted by Gasteiger charge is -2.35. The second-order valence-corrected chi connectivity index (χ2v) is 6.52. The molecule has 0 saturated carbocycles. The first kappa shape index (κ1) is 22.7. The van der Waals surface area contributed by atoms with E-state index in [-0.39, 0.29) is 30.8 Å². The van der Waals surface area contributed by atoms with Crippen LogP contribution in [-0.2, 0) is 38.1 Å². The second kappa shape index (κ2) is 10.7. The van der Waals surface area contributed by atoms with E-state index >= 15 is 0 Å². The highest BCUT2D eigenvalue weighted by atomic mass is 16.6. The van der Waals surface area contributed by atoms with E-state index in [0.717, 1.165) is 6.42 Å². The third-order valence-electron chi connectivity index (χ3n) is 4.28. The maximum atomic E-state index is 12.3. The van der Waals surface area contributed by atoms with Crippen molar-refractivity contribution >= 4 is 23.9 Å². The number of carbonyl (C=O) groups is 4. The predicted molar refractivity (Wildman–Crippen MR) is 94.4 cm³/mol. The summed E-state index contributed by atoms with van der Waals surface area (Å²) in [6.07, 6.45) is -0.574. The van der Waals surface area contributed by atoms with Gasteiger partial charge in [-0.3, -0.25) is 14.4 Å². The van der Waals surface area contributed by atoms with Crippen molar-refractivity contribution in [1.82, 2.24) is 0 Å². The van der Waals surface area contributed by atoms with Gasteiger partial charge >= 0.3 is 23.9 Å². The molecule has 1 aliphatic rings. The molecule has 0 aromatic heterocycles. The molecule has 1 aliphatic carbocycles. The van der Waals surface area contributed by atoms with Crippen LogP contribution in [-0.4, -0.2) is 49.3 Å². The molecule has 0 fully saturated rings. The van der Waals surface area contributed by atoms with Gasteiger partial charge in [0.15, 0.2) is 12.2 Å². The minimum atomic E-state index is -1.05. The molecule has 0 heterocycles. The molecule has 0 aliphatic heterocycles. The predicted octanol–water partition coefficient (Wildman–Crippen LogP) is 2.09. The minimum absolute atomic E-state index is 0.00164. The van der Waals surface area contributed by atoms with Gasteiger partial charge in [-0.05, 0) is 12.0 Å². The topological polar surface area (TPSA) is 105 Å². The molecule has 0 amide bonds. The van der Waals surface area contributed by atoms with Gasteiger partial charge in [-0.25, -0.2) is 4.79 Å². The van der Waals surface area contributed by atoms with Crippen LogP contribution in [0.25, 0.3) is 0 Å². The monoisotopic (exact) mass is 384 g/mol. The smallest absolute Gasteiger partial charge is 0.333 e. The Labute approximate surface area is 159 Å². The van der Waals surface area contributed by atoms with Gasteiger partial charge in [0.2, 0.25) is 0 Å². The van der Waals surface area contributed by atoms with Crippen LogP contribution in [0.5, 0.6) is 0 Å². The molecule has 8 heteroatoms. The van der Waals surface area contributed by atoms with Gasteiger partial charge in [0.1, 0.15) is 6.10 Å². The first-order chi connectivity index (χ1) is 12.7. The Balaban J connectivity index is 3.13. The SMILES string of the molecule is CCC(=O)O[C@@H]1[C@H](OC(C)=O)C=C(C(=O)OC)C[C@H]1OC(=O)C[C@@H](C)CC. The molecule has 1 rings (SSSR count). The molecule has 4 atom stereocenters. The van der Waals surface area contributed by atoms with Crippen molar-refractivity contribution in [3.05, 3.63) is 11.6 Å². The van der Waals surface area contributed by atoms with Crippen LogP contribution in [0.3, 0.4) is 0 Å². The number of ether oxygens (including phenoxy) is 4. The molecular formula is C19H28O8. The van der Waals surface area contributed by atoms with Crippen molar-refractivity contribution in [3.8, 4) is 0 Å². The largest absolute Gasteiger partial charge is 0.466 e. The van der Waals surface area contributed by atoms with Gasteiger partial charge in [-0.15, -0.1) is 0 Å². The Hall–Kier alpha value is -2.38. The van der Waals surface area contributed by atoms with E-state index in [1.165, 1.54) is 20.1 Å². The Bertz CT molecular complexity index is 595. The zero-order valence-electron chi connectivity index (χ0n) is 16.5. The summed E-state index contributed by atoms with van der Waals surface area (Å²) in [7, 11) is 1.22. The molecule has 0 unspecified atom stereocenters. The highest BCUT2D eigenvalue weighted by molar-refractivity contribution is 5.89. The number of rotatable bonds is 8. The molecular weight excluding hydrogens is 356 g/mol. The van der Waals surface area contributed by atoms with E-state index in [1.54, 1.807) is 6.92 Å². The summed E-state index contributed by atoms with van der Waals surface area (Å²) in [6, 6.07) is 0. The molecule has 27 heavy (non-hydrogen) atoms. The number of hydrogen-bond donors (Lipinski definition) is 0. The normalized spacial score (nSPS) is 22.9. The van der Waals surface area contributed by atoms with E-state index in [4.69, 9.17) is 18.9 Å². The molecule has 0 aromatic carbocycles. The van der Waals surface area contributed by atoms with Crippen molar-refractivity contribution in [1.29, 1.82) is 0 Å². The summed E-state index contributed by atoms with van der Waals surface area (Å²) in [5.74, 6) is -2.13. The van der Waals surface area contributed by atoms with Gasteiger partial charge in [0.05, 0.1) is 7.11 Å². The highest BCUT2D eigenvalue weighted by Gasteiger charge is 2.42. The molecule has 0 spiro atoms. The first-order valence-electron chi connectivity index (χ1n) is 9.06. The summed E-state index contributed by atoms with van der Waals surface area (Å²) < 4.78 is 20.8. The standard InChI is InChI=1S/C19H28O8/c1-6-11(3)8-17(22)26-15-10-13(19(23)24-5)9-14(25-12(4)20)18(15)27-16(21)7-2/h9,11,14-15,18H,6-8,10H2,1-5H3/t11-,14+,15+,18+/m0/s1. The van der Waals surface area contributed by atoms with Crippen molar-refractivity contribution in [2.45, 2.75) is 71.7 Å². The second-order valence-electron chi connectivity index (χ2n) is 6.52. The molecule has 0 radical (unpaired) electrons. The lowest BCUT2D eigenvalue weighted by atomic mass is 9.91. The highest BCUT2D eigenvalue weighted by Crippen LogP contribution is 2.28. The summed E-state index contributed by atoms with van der Waals surface area (Å²) in [4.78, 5) is 47.5. The van der Waals surface area contributed by atoms with Crippen molar-refractivity contribution in [2.75, 3.05) is 7.11 Å². The molecule has 0 N–H and O–H groups in total. The molecule has 8 nitrogen and oxygen atoms in total. The first-order valence-corrected chi connectivity index (χ1v) is 9.06. The van der Waals surface area contributed by atoms with Crippen LogP contribution < -0.4 is 0 Å². The maximum Gasteiger partial charge on any atom is 0.333 e. The average Bonchev–Trinajstić information content (AvgIpc) is 2.62. The van der Waals surface area contributed by atoms with E-state index in [2.05, 4.69) is 0 Å². The van der Waals surface area contributed by atoms with E-state index in [0.29, 0.717) is 0 Å². The maximum absolute atomic E-state index is 12.3.